The number of nitrogens with one attached hydrogen (secondary N) is 1. The fourth-order valence-electron chi connectivity index (χ4n) is 3.31. The molecule has 1 aromatic heterocycles. The molecule has 1 aliphatic heterocycles. The number of aromatic nitrogens is 1. The zero-order valence-electron chi connectivity index (χ0n) is 14.7. The molecule has 0 unspecified atom stereocenters. The quantitative estimate of drug-likeness (QED) is 0.659. The van der Waals surface area contributed by atoms with Crippen LogP contribution in [0.15, 0.2) is 42.6 Å². The van der Waals surface area contributed by atoms with Crippen molar-refractivity contribution in [1.82, 2.24) is 10.3 Å². The second kappa shape index (κ2) is 7.95. The van der Waals surface area contributed by atoms with Crippen LogP contribution in [0, 0.1) is 23.0 Å². The van der Waals surface area contributed by atoms with Gasteiger partial charge in [-0.25, -0.2) is 4.98 Å². The van der Waals surface area contributed by atoms with Crippen LogP contribution in [0.1, 0.15) is 28.8 Å². The highest BCUT2D eigenvalue weighted by molar-refractivity contribution is 5.96. The molecule has 1 N–H and O–H groups in total. The number of pyridine rings is 1. The van der Waals surface area contributed by atoms with Gasteiger partial charge in [0.15, 0.2) is 0 Å². The van der Waals surface area contributed by atoms with Crippen molar-refractivity contribution in [3.63, 3.8) is 0 Å². The van der Waals surface area contributed by atoms with Crippen molar-refractivity contribution in [3.8, 4) is 0 Å². The van der Waals surface area contributed by atoms with E-state index in [1.54, 1.807) is 25.3 Å². The molecular weight excluding hydrogens is 332 g/mol. The summed E-state index contributed by atoms with van der Waals surface area (Å²) in [6.45, 7) is 4.01. The predicted molar refractivity (Wildman–Crippen MR) is 99.3 cm³/mol. The Morgan fingerprint density at radius 2 is 2.04 bits per heavy atom. The van der Waals surface area contributed by atoms with Crippen LogP contribution in [0.25, 0.3) is 0 Å². The molecule has 0 spiro atoms. The number of hydrogen-bond acceptors (Lipinski definition) is 5. The van der Waals surface area contributed by atoms with Gasteiger partial charge in [0.1, 0.15) is 5.82 Å². The van der Waals surface area contributed by atoms with E-state index in [-0.39, 0.29) is 11.6 Å². The molecule has 1 saturated heterocycles. The van der Waals surface area contributed by atoms with Gasteiger partial charge in [-0.3, -0.25) is 14.9 Å². The van der Waals surface area contributed by atoms with Crippen molar-refractivity contribution in [2.75, 3.05) is 24.5 Å². The Labute approximate surface area is 152 Å². The largest absolute Gasteiger partial charge is 0.357 e. The average molecular weight is 354 g/mol. The second-order valence-corrected chi connectivity index (χ2v) is 6.54. The maximum Gasteiger partial charge on any atom is 0.273 e. The zero-order valence-corrected chi connectivity index (χ0v) is 14.7. The maximum atomic E-state index is 12.4. The van der Waals surface area contributed by atoms with Crippen LogP contribution < -0.4 is 10.2 Å². The summed E-state index contributed by atoms with van der Waals surface area (Å²) in [5.74, 6) is 1.14. The number of hydrogen-bond donors (Lipinski definition) is 1. The molecule has 3 rings (SSSR count). The summed E-state index contributed by atoms with van der Waals surface area (Å²) >= 11 is 0. The number of nitrogens with zero attached hydrogens (tertiary/aromatic N) is 3. The number of nitro groups is 1. The maximum absolute atomic E-state index is 12.4. The molecule has 1 aliphatic rings. The van der Waals surface area contributed by atoms with Crippen molar-refractivity contribution >= 4 is 17.4 Å². The molecule has 0 bridgehead atoms. The molecule has 1 amide bonds. The van der Waals surface area contributed by atoms with E-state index in [9.17, 15) is 14.9 Å². The number of benzene rings is 1. The van der Waals surface area contributed by atoms with Crippen LogP contribution in [-0.4, -0.2) is 35.4 Å². The second-order valence-electron chi connectivity index (χ2n) is 6.54. The van der Waals surface area contributed by atoms with E-state index in [1.165, 1.54) is 6.07 Å². The van der Waals surface area contributed by atoms with E-state index in [2.05, 4.69) is 15.2 Å². The lowest BCUT2D eigenvalue weighted by molar-refractivity contribution is -0.385. The van der Waals surface area contributed by atoms with Crippen LogP contribution >= 0.6 is 0 Å². The number of carbonyl (C=O) groups excluding carboxylic acids is 1. The molecular formula is C19H22N4O3. The Morgan fingerprint density at radius 1 is 1.27 bits per heavy atom. The smallest absolute Gasteiger partial charge is 0.273 e. The lowest BCUT2D eigenvalue weighted by Gasteiger charge is -2.32. The molecule has 0 aliphatic carbocycles. The van der Waals surface area contributed by atoms with E-state index in [4.69, 9.17) is 0 Å². The van der Waals surface area contributed by atoms with Crippen LogP contribution in [0.4, 0.5) is 11.5 Å². The first-order valence-electron chi connectivity index (χ1n) is 8.74. The summed E-state index contributed by atoms with van der Waals surface area (Å²) in [6.07, 6.45) is 3.75. The topological polar surface area (TPSA) is 88.4 Å². The predicted octanol–water partition coefficient (Wildman–Crippen LogP) is 2.94. The average Bonchev–Trinajstić information content (AvgIpc) is 2.67. The van der Waals surface area contributed by atoms with Crippen molar-refractivity contribution in [2.45, 2.75) is 19.8 Å². The van der Waals surface area contributed by atoms with Crippen LogP contribution in [-0.2, 0) is 0 Å². The molecule has 0 radical (unpaired) electrons. The zero-order chi connectivity index (χ0) is 18.5. The normalized spacial score (nSPS) is 14.9. The van der Waals surface area contributed by atoms with Gasteiger partial charge in [0.25, 0.3) is 11.6 Å². The van der Waals surface area contributed by atoms with Gasteiger partial charge in [0.05, 0.1) is 4.92 Å². The Morgan fingerprint density at radius 3 is 2.69 bits per heavy atom. The molecule has 2 heterocycles. The number of piperidine rings is 1. The molecule has 2 aromatic rings. The third kappa shape index (κ3) is 3.99. The van der Waals surface area contributed by atoms with E-state index in [0.717, 1.165) is 31.7 Å². The molecule has 1 fully saturated rings. The number of anilines is 1. The minimum atomic E-state index is -0.459. The Hall–Kier alpha value is -2.96. The lowest BCUT2D eigenvalue weighted by atomic mass is 9.96. The summed E-state index contributed by atoms with van der Waals surface area (Å²) in [5.41, 5.74) is 0.742. The minimum Gasteiger partial charge on any atom is -0.357 e. The highest BCUT2D eigenvalue weighted by atomic mass is 16.6. The highest BCUT2D eigenvalue weighted by Gasteiger charge is 2.22. The van der Waals surface area contributed by atoms with Crippen molar-refractivity contribution in [2.24, 2.45) is 5.92 Å². The van der Waals surface area contributed by atoms with E-state index in [0.29, 0.717) is 23.6 Å². The van der Waals surface area contributed by atoms with Gasteiger partial charge in [-0.05, 0) is 43.9 Å². The third-order valence-corrected chi connectivity index (χ3v) is 4.89. The molecule has 0 atom stereocenters. The summed E-state index contributed by atoms with van der Waals surface area (Å²) < 4.78 is 0. The first-order chi connectivity index (χ1) is 12.6. The van der Waals surface area contributed by atoms with E-state index in [1.807, 2.05) is 18.2 Å². The Balaban J connectivity index is 1.53. The highest BCUT2D eigenvalue weighted by Crippen LogP contribution is 2.23. The van der Waals surface area contributed by atoms with Gasteiger partial charge in [-0.2, -0.15) is 0 Å². The summed E-state index contributed by atoms with van der Waals surface area (Å²) in [7, 11) is 0. The van der Waals surface area contributed by atoms with Crippen LogP contribution in [0.5, 0.6) is 0 Å². The fraction of sp³-hybridized carbons (Fsp3) is 0.368. The van der Waals surface area contributed by atoms with Gasteiger partial charge in [0.2, 0.25) is 0 Å². The van der Waals surface area contributed by atoms with E-state index >= 15 is 0 Å². The van der Waals surface area contributed by atoms with Gasteiger partial charge >= 0.3 is 0 Å². The molecule has 26 heavy (non-hydrogen) atoms. The van der Waals surface area contributed by atoms with Crippen molar-refractivity contribution in [3.05, 3.63) is 63.8 Å². The van der Waals surface area contributed by atoms with Gasteiger partial charge in [0, 0.05) is 43.0 Å². The van der Waals surface area contributed by atoms with Gasteiger partial charge in [-0.1, -0.05) is 12.1 Å². The molecule has 7 nitrogen and oxygen atoms in total. The van der Waals surface area contributed by atoms with Gasteiger partial charge in [-0.15, -0.1) is 0 Å². The minimum absolute atomic E-state index is 0.0266. The van der Waals surface area contributed by atoms with Crippen molar-refractivity contribution < 1.29 is 9.72 Å². The first kappa shape index (κ1) is 17.8. The number of carbonyl (C=O) groups is 1. The third-order valence-electron chi connectivity index (χ3n) is 4.89. The lowest BCUT2D eigenvalue weighted by Crippen LogP contribution is -2.39. The van der Waals surface area contributed by atoms with Crippen molar-refractivity contribution in [1.29, 1.82) is 0 Å². The van der Waals surface area contributed by atoms with Crippen LogP contribution in [0.2, 0.25) is 0 Å². The van der Waals surface area contributed by atoms with Gasteiger partial charge < -0.3 is 10.2 Å². The molecule has 1 aromatic carbocycles. The van der Waals surface area contributed by atoms with E-state index < -0.39 is 4.92 Å². The molecule has 7 heteroatoms. The molecule has 136 valence electrons. The standard InChI is InChI=1S/C19H22N4O3/c1-14-16(5-4-6-17(14)23(25)26)19(24)21-13-15-8-11-22(12-9-15)18-7-2-3-10-20-18/h2-7,10,15H,8-9,11-13H2,1H3,(H,21,24). The fourth-order valence-corrected chi connectivity index (χ4v) is 3.31. The Bertz CT molecular complexity index is 787. The number of rotatable bonds is 5. The number of nitro benzene ring substituents is 1. The molecule has 0 saturated carbocycles. The summed E-state index contributed by atoms with van der Waals surface area (Å²) in [5, 5.41) is 13.9. The Kier molecular flexibility index (Phi) is 5.46. The van der Waals surface area contributed by atoms with Crippen LogP contribution in [0.3, 0.4) is 0 Å². The monoisotopic (exact) mass is 354 g/mol. The summed E-state index contributed by atoms with van der Waals surface area (Å²) in [4.78, 5) is 29.6. The summed E-state index contributed by atoms with van der Waals surface area (Å²) in [6, 6.07) is 10.5. The SMILES string of the molecule is Cc1c(C(=O)NCC2CCN(c3ccccn3)CC2)cccc1[N+](=O)[O-]. The first-order valence-corrected chi connectivity index (χ1v) is 8.74. The number of amides is 1.